The van der Waals surface area contributed by atoms with Crippen LogP contribution in [0, 0.1) is 0 Å². The van der Waals surface area contributed by atoms with E-state index >= 15 is 0 Å². The SMILES string of the molecule is N/C=C(\O)c1ccc(Cl)cc1. The van der Waals surface area contributed by atoms with Crippen LogP contribution in [0.4, 0.5) is 0 Å². The summed E-state index contributed by atoms with van der Waals surface area (Å²) in [6.07, 6.45) is 1.14. The maximum atomic E-state index is 9.11. The number of halogens is 1. The molecule has 0 aromatic heterocycles. The average Bonchev–Trinajstić information content (AvgIpc) is 2.05. The van der Waals surface area contributed by atoms with E-state index in [0.29, 0.717) is 10.6 Å². The molecule has 0 aliphatic heterocycles. The normalized spacial score (nSPS) is 11.5. The summed E-state index contributed by atoms with van der Waals surface area (Å²) in [5.41, 5.74) is 5.76. The highest BCUT2D eigenvalue weighted by Gasteiger charge is 1.95. The Morgan fingerprint density at radius 3 is 2.36 bits per heavy atom. The van der Waals surface area contributed by atoms with Crippen molar-refractivity contribution < 1.29 is 5.11 Å². The third-order valence-electron chi connectivity index (χ3n) is 1.30. The molecule has 0 unspecified atom stereocenters. The Morgan fingerprint density at radius 1 is 1.36 bits per heavy atom. The van der Waals surface area contributed by atoms with Crippen LogP contribution in [0.15, 0.2) is 30.5 Å². The molecule has 0 aliphatic carbocycles. The molecule has 1 rings (SSSR count). The number of aliphatic hydroxyl groups excluding tert-OH is 1. The number of aliphatic hydroxyl groups is 1. The Kier molecular flexibility index (Phi) is 2.39. The molecule has 0 saturated heterocycles. The lowest BCUT2D eigenvalue weighted by Crippen LogP contribution is -1.87. The van der Waals surface area contributed by atoms with Gasteiger partial charge in [-0.05, 0) is 24.3 Å². The van der Waals surface area contributed by atoms with Crippen molar-refractivity contribution in [1.29, 1.82) is 0 Å². The largest absolute Gasteiger partial charge is 0.506 e. The van der Waals surface area contributed by atoms with Crippen molar-refractivity contribution in [3.63, 3.8) is 0 Å². The summed E-state index contributed by atoms with van der Waals surface area (Å²) in [7, 11) is 0. The van der Waals surface area contributed by atoms with E-state index in [4.69, 9.17) is 22.4 Å². The number of benzene rings is 1. The van der Waals surface area contributed by atoms with Crippen LogP contribution in [0.2, 0.25) is 5.02 Å². The van der Waals surface area contributed by atoms with E-state index in [1.54, 1.807) is 24.3 Å². The van der Waals surface area contributed by atoms with Crippen LogP contribution < -0.4 is 5.73 Å². The number of hydrogen-bond acceptors (Lipinski definition) is 2. The van der Waals surface area contributed by atoms with Crippen LogP contribution in [0.5, 0.6) is 0 Å². The average molecular weight is 170 g/mol. The molecule has 11 heavy (non-hydrogen) atoms. The molecule has 1 aromatic rings. The number of rotatable bonds is 1. The fourth-order valence-corrected chi connectivity index (χ4v) is 0.843. The Balaban J connectivity index is 2.99. The smallest absolute Gasteiger partial charge is 0.138 e. The summed E-state index contributed by atoms with van der Waals surface area (Å²) >= 11 is 5.63. The van der Waals surface area contributed by atoms with Gasteiger partial charge >= 0.3 is 0 Å². The van der Waals surface area contributed by atoms with Gasteiger partial charge in [-0.1, -0.05) is 11.6 Å². The predicted molar refractivity (Wildman–Crippen MR) is 46.2 cm³/mol. The molecule has 2 nitrogen and oxygen atoms in total. The lowest BCUT2D eigenvalue weighted by Gasteiger charge is -1.97. The molecule has 0 spiro atoms. The van der Waals surface area contributed by atoms with E-state index < -0.39 is 0 Å². The topological polar surface area (TPSA) is 46.2 Å². The highest BCUT2D eigenvalue weighted by molar-refractivity contribution is 6.30. The Labute approximate surface area is 69.9 Å². The van der Waals surface area contributed by atoms with Gasteiger partial charge in [0.05, 0.1) is 0 Å². The summed E-state index contributed by atoms with van der Waals surface area (Å²) in [5.74, 6) is 0.0571. The molecule has 58 valence electrons. The van der Waals surface area contributed by atoms with Gasteiger partial charge in [0.15, 0.2) is 0 Å². The third-order valence-corrected chi connectivity index (χ3v) is 1.55. The molecule has 0 saturated carbocycles. The third kappa shape index (κ3) is 1.88. The predicted octanol–water partition coefficient (Wildman–Crippen LogP) is 2.16. The standard InChI is InChI=1S/C8H8ClNO/c9-7-3-1-6(2-4-7)8(11)5-10/h1-5,11H,10H2/b8-5-. The van der Waals surface area contributed by atoms with Crippen LogP contribution in [0.3, 0.4) is 0 Å². The molecule has 1 aromatic carbocycles. The van der Waals surface area contributed by atoms with Crippen molar-refractivity contribution in [1.82, 2.24) is 0 Å². The summed E-state index contributed by atoms with van der Waals surface area (Å²) in [5, 5.41) is 9.75. The summed E-state index contributed by atoms with van der Waals surface area (Å²) in [6.45, 7) is 0. The number of nitrogens with two attached hydrogens (primary N) is 1. The molecule has 0 atom stereocenters. The molecule has 0 radical (unpaired) electrons. The fraction of sp³-hybridized carbons (Fsp3) is 0. The van der Waals surface area contributed by atoms with Gasteiger partial charge in [0.2, 0.25) is 0 Å². The van der Waals surface area contributed by atoms with Crippen LogP contribution in [-0.4, -0.2) is 5.11 Å². The zero-order valence-electron chi connectivity index (χ0n) is 5.79. The van der Waals surface area contributed by atoms with Gasteiger partial charge in [-0.15, -0.1) is 0 Å². The van der Waals surface area contributed by atoms with Crippen LogP contribution in [0.25, 0.3) is 5.76 Å². The van der Waals surface area contributed by atoms with Gasteiger partial charge in [-0.25, -0.2) is 0 Å². The molecule has 0 fully saturated rings. The molecular weight excluding hydrogens is 162 g/mol. The molecule has 0 bridgehead atoms. The first-order valence-corrected chi connectivity index (χ1v) is 3.48. The summed E-state index contributed by atoms with van der Waals surface area (Å²) < 4.78 is 0. The Morgan fingerprint density at radius 2 is 1.91 bits per heavy atom. The molecule has 0 heterocycles. The van der Waals surface area contributed by atoms with E-state index in [-0.39, 0.29) is 5.76 Å². The van der Waals surface area contributed by atoms with Crippen molar-refractivity contribution in [2.75, 3.05) is 0 Å². The van der Waals surface area contributed by atoms with Gasteiger partial charge in [0.25, 0.3) is 0 Å². The summed E-state index contributed by atoms with van der Waals surface area (Å²) in [6, 6.07) is 6.77. The zero-order valence-corrected chi connectivity index (χ0v) is 6.55. The van der Waals surface area contributed by atoms with E-state index in [0.717, 1.165) is 6.20 Å². The monoisotopic (exact) mass is 169 g/mol. The minimum atomic E-state index is 0.0571. The Hall–Kier alpha value is -1.15. The van der Waals surface area contributed by atoms with Crippen LogP contribution in [0.1, 0.15) is 5.56 Å². The molecular formula is C8H8ClNO. The van der Waals surface area contributed by atoms with E-state index in [1.165, 1.54) is 0 Å². The van der Waals surface area contributed by atoms with Crippen molar-refractivity contribution >= 4 is 17.4 Å². The quantitative estimate of drug-likeness (QED) is 0.633. The lowest BCUT2D eigenvalue weighted by atomic mass is 10.2. The molecule has 0 aliphatic rings. The van der Waals surface area contributed by atoms with Gasteiger partial charge in [0, 0.05) is 16.8 Å². The maximum absolute atomic E-state index is 9.11. The van der Waals surface area contributed by atoms with E-state index in [2.05, 4.69) is 0 Å². The van der Waals surface area contributed by atoms with E-state index in [1.807, 2.05) is 0 Å². The van der Waals surface area contributed by atoms with Crippen LogP contribution >= 0.6 is 11.6 Å². The van der Waals surface area contributed by atoms with Gasteiger partial charge in [-0.3, -0.25) is 0 Å². The van der Waals surface area contributed by atoms with Crippen molar-refractivity contribution in [2.45, 2.75) is 0 Å². The van der Waals surface area contributed by atoms with Gasteiger partial charge in [-0.2, -0.15) is 0 Å². The minimum absolute atomic E-state index is 0.0571. The minimum Gasteiger partial charge on any atom is -0.506 e. The molecule has 3 N–H and O–H groups in total. The summed E-state index contributed by atoms with van der Waals surface area (Å²) in [4.78, 5) is 0. The molecule has 0 amide bonds. The molecule has 3 heteroatoms. The van der Waals surface area contributed by atoms with Gasteiger partial charge < -0.3 is 10.8 Å². The van der Waals surface area contributed by atoms with Crippen molar-refractivity contribution in [2.24, 2.45) is 5.73 Å². The van der Waals surface area contributed by atoms with E-state index in [9.17, 15) is 0 Å². The maximum Gasteiger partial charge on any atom is 0.138 e. The number of hydrogen-bond donors (Lipinski definition) is 2. The van der Waals surface area contributed by atoms with Crippen LogP contribution in [-0.2, 0) is 0 Å². The highest BCUT2D eigenvalue weighted by atomic mass is 35.5. The van der Waals surface area contributed by atoms with Gasteiger partial charge in [0.1, 0.15) is 5.76 Å². The first-order chi connectivity index (χ1) is 5.24. The Bertz CT molecular complexity index is 266. The van der Waals surface area contributed by atoms with Crippen molar-refractivity contribution in [3.05, 3.63) is 41.1 Å². The first kappa shape index (κ1) is 7.95. The van der Waals surface area contributed by atoms with Crippen molar-refractivity contribution in [3.8, 4) is 0 Å². The second-order valence-electron chi connectivity index (χ2n) is 2.06. The lowest BCUT2D eigenvalue weighted by molar-refractivity contribution is 0.510. The fourth-order valence-electron chi connectivity index (χ4n) is 0.717. The second kappa shape index (κ2) is 3.30. The first-order valence-electron chi connectivity index (χ1n) is 3.11. The zero-order chi connectivity index (χ0) is 8.27. The highest BCUT2D eigenvalue weighted by Crippen LogP contribution is 2.14. The second-order valence-corrected chi connectivity index (χ2v) is 2.50.